The summed E-state index contributed by atoms with van der Waals surface area (Å²) in [6, 6.07) is 8.62. The summed E-state index contributed by atoms with van der Waals surface area (Å²) >= 11 is 7.55. The third-order valence-electron chi connectivity index (χ3n) is 3.78. The first kappa shape index (κ1) is 14.1. The molecule has 1 aromatic carbocycles. The lowest BCUT2D eigenvalue weighted by atomic mass is 10.1. The van der Waals surface area contributed by atoms with E-state index in [-0.39, 0.29) is 0 Å². The normalized spacial score (nSPS) is 16.4. The van der Waals surface area contributed by atoms with E-state index in [2.05, 4.69) is 39.5 Å². The first-order chi connectivity index (χ1) is 9.86. The van der Waals surface area contributed by atoms with Gasteiger partial charge in [-0.1, -0.05) is 30.7 Å². The number of likely N-dealkylation sites (tertiary alicyclic amines) is 1. The molecule has 1 aliphatic heterocycles. The van der Waals surface area contributed by atoms with Crippen molar-refractivity contribution in [3.05, 3.63) is 40.9 Å². The Morgan fingerprint density at radius 1 is 1.15 bits per heavy atom. The SMILES string of the molecule is ClCc1csc(-c2ccccc2CN2CCCCC2)n1. The van der Waals surface area contributed by atoms with Crippen LogP contribution in [0, 0.1) is 0 Å². The number of alkyl halides is 1. The highest BCUT2D eigenvalue weighted by Gasteiger charge is 2.14. The van der Waals surface area contributed by atoms with Gasteiger partial charge in [0.25, 0.3) is 0 Å². The summed E-state index contributed by atoms with van der Waals surface area (Å²) in [6.45, 7) is 3.48. The predicted molar refractivity (Wildman–Crippen MR) is 86.2 cm³/mol. The second-order valence-corrected chi connectivity index (χ2v) is 6.40. The van der Waals surface area contributed by atoms with E-state index in [4.69, 9.17) is 11.6 Å². The predicted octanol–water partition coefficient (Wildman–Crippen LogP) is 4.53. The Hall–Kier alpha value is -0.900. The minimum atomic E-state index is 0.491. The summed E-state index contributed by atoms with van der Waals surface area (Å²) in [7, 11) is 0. The van der Waals surface area contributed by atoms with Gasteiger partial charge in [0, 0.05) is 17.5 Å². The number of halogens is 1. The van der Waals surface area contributed by atoms with Crippen molar-refractivity contribution in [2.75, 3.05) is 13.1 Å². The minimum Gasteiger partial charge on any atom is -0.299 e. The van der Waals surface area contributed by atoms with Crippen molar-refractivity contribution in [1.29, 1.82) is 0 Å². The Balaban J connectivity index is 1.83. The van der Waals surface area contributed by atoms with Gasteiger partial charge in [-0.25, -0.2) is 4.98 Å². The molecule has 0 N–H and O–H groups in total. The van der Waals surface area contributed by atoms with E-state index in [0.29, 0.717) is 5.88 Å². The molecule has 4 heteroatoms. The van der Waals surface area contributed by atoms with Crippen LogP contribution in [-0.2, 0) is 12.4 Å². The van der Waals surface area contributed by atoms with Crippen LogP contribution in [0.1, 0.15) is 30.5 Å². The van der Waals surface area contributed by atoms with Crippen molar-refractivity contribution in [2.24, 2.45) is 0 Å². The van der Waals surface area contributed by atoms with Crippen molar-refractivity contribution in [1.82, 2.24) is 9.88 Å². The molecule has 0 radical (unpaired) electrons. The van der Waals surface area contributed by atoms with Crippen LogP contribution in [0.15, 0.2) is 29.6 Å². The number of thiazole rings is 1. The highest BCUT2D eigenvalue weighted by Crippen LogP contribution is 2.29. The van der Waals surface area contributed by atoms with Crippen molar-refractivity contribution in [3.63, 3.8) is 0 Å². The number of piperidine rings is 1. The van der Waals surface area contributed by atoms with Gasteiger partial charge in [-0.15, -0.1) is 22.9 Å². The second-order valence-electron chi connectivity index (χ2n) is 5.27. The molecule has 0 saturated carbocycles. The molecular formula is C16H19ClN2S. The molecule has 0 aliphatic carbocycles. The fraction of sp³-hybridized carbons (Fsp3) is 0.438. The van der Waals surface area contributed by atoms with Crippen LogP contribution < -0.4 is 0 Å². The molecule has 0 amide bonds. The van der Waals surface area contributed by atoms with E-state index >= 15 is 0 Å². The summed E-state index contributed by atoms with van der Waals surface area (Å²) in [5.41, 5.74) is 3.61. The standard InChI is InChI=1S/C16H19ClN2S/c17-10-14-12-20-16(18-14)15-7-3-2-6-13(15)11-19-8-4-1-5-9-19/h2-3,6-7,12H,1,4-5,8-11H2. The van der Waals surface area contributed by atoms with Crippen LogP contribution in [0.5, 0.6) is 0 Å². The second kappa shape index (κ2) is 6.70. The minimum absolute atomic E-state index is 0.491. The topological polar surface area (TPSA) is 16.1 Å². The van der Waals surface area contributed by atoms with Crippen molar-refractivity contribution >= 4 is 22.9 Å². The van der Waals surface area contributed by atoms with E-state index in [1.54, 1.807) is 11.3 Å². The maximum atomic E-state index is 5.86. The first-order valence-electron chi connectivity index (χ1n) is 7.18. The van der Waals surface area contributed by atoms with E-state index in [9.17, 15) is 0 Å². The molecule has 3 rings (SSSR count). The van der Waals surface area contributed by atoms with E-state index in [0.717, 1.165) is 17.2 Å². The fourth-order valence-electron chi connectivity index (χ4n) is 2.72. The lowest BCUT2D eigenvalue weighted by Gasteiger charge is -2.27. The Labute approximate surface area is 129 Å². The molecule has 1 aliphatic rings. The van der Waals surface area contributed by atoms with Gasteiger partial charge in [0.15, 0.2) is 0 Å². The summed E-state index contributed by atoms with van der Waals surface area (Å²) in [4.78, 5) is 7.17. The quantitative estimate of drug-likeness (QED) is 0.771. The third kappa shape index (κ3) is 3.22. The Kier molecular flexibility index (Phi) is 4.71. The Morgan fingerprint density at radius 3 is 2.70 bits per heavy atom. The number of nitrogens with zero attached hydrogens (tertiary/aromatic N) is 2. The molecule has 20 heavy (non-hydrogen) atoms. The molecule has 2 heterocycles. The highest BCUT2D eigenvalue weighted by molar-refractivity contribution is 7.13. The number of rotatable bonds is 4. The molecular weight excluding hydrogens is 288 g/mol. The monoisotopic (exact) mass is 306 g/mol. The maximum absolute atomic E-state index is 5.86. The van der Waals surface area contributed by atoms with Gasteiger partial charge in [-0.2, -0.15) is 0 Å². The molecule has 0 atom stereocenters. The molecule has 0 bridgehead atoms. The van der Waals surface area contributed by atoms with E-state index in [1.165, 1.54) is 43.5 Å². The van der Waals surface area contributed by atoms with Crippen LogP contribution >= 0.6 is 22.9 Å². The average Bonchev–Trinajstić information content (AvgIpc) is 2.98. The molecule has 2 aromatic rings. The summed E-state index contributed by atoms with van der Waals surface area (Å²) in [5, 5.41) is 3.15. The fourth-order valence-corrected chi connectivity index (χ4v) is 3.83. The van der Waals surface area contributed by atoms with Crippen molar-refractivity contribution < 1.29 is 0 Å². The lowest BCUT2D eigenvalue weighted by Crippen LogP contribution is -2.29. The molecule has 106 valence electrons. The zero-order chi connectivity index (χ0) is 13.8. The number of aromatic nitrogens is 1. The van der Waals surface area contributed by atoms with E-state index < -0.39 is 0 Å². The van der Waals surface area contributed by atoms with Gasteiger partial charge in [0.1, 0.15) is 5.01 Å². The van der Waals surface area contributed by atoms with Crippen LogP contribution in [0.3, 0.4) is 0 Å². The summed E-state index contributed by atoms with van der Waals surface area (Å²) < 4.78 is 0. The Bertz CT molecular complexity index is 561. The Morgan fingerprint density at radius 2 is 1.95 bits per heavy atom. The number of benzene rings is 1. The van der Waals surface area contributed by atoms with E-state index in [1.807, 2.05) is 0 Å². The van der Waals surface area contributed by atoms with Gasteiger partial charge in [0.2, 0.25) is 0 Å². The van der Waals surface area contributed by atoms with Crippen molar-refractivity contribution in [3.8, 4) is 10.6 Å². The van der Waals surface area contributed by atoms with Crippen LogP contribution in [-0.4, -0.2) is 23.0 Å². The molecule has 2 nitrogen and oxygen atoms in total. The molecule has 1 aromatic heterocycles. The van der Waals surface area contributed by atoms with Crippen LogP contribution in [0.4, 0.5) is 0 Å². The number of hydrogen-bond donors (Lipinski definition) is 0. The zero-order valence-corrected chi connectivity index (χ0v) is 13.1. The van der Waals surface area contributed by atoms with Crippen LogP contribution in [0.2, 0.25) is 0 Å². The lowest BCUT2D eigenvalue weighted by molar-refractivity contribution is 0.221. The molecule has 1 fully saturated rings. The largest absolute Gasteiger partial charge is 0.299 e. The van der Waals surface area contributed by atoms with Gasteiger partial charge in [-0.05, 0) is 31.5 Å². The molecule has 0 unspecified atom stereocenters. The van der Waals surface area contributed by atoms with Gasteiger partial charge >= 0.3 is 0 Å². The molecule has 1 saturated heterocycles. The number of hydrogen-bond acceptors (Lipinski definition) is 3. The van der Waals surface area contributed by atoms with Gasteiger partial charge < -0.3 is 0 Å². The third-order valence-corrected chi connectivity index (χ3v) is 4.98. The average molecular weight is 307 g/mol. The van der Waals surface area contributed by atoms with Gasteiger partial charge in [-0.3, -0.25) is 4.90 Å². The maximum Gasteiger partial charge on any atom is 0.123 e. The smallest absolute Gasteiger partial charge is 0.123 e. The summed E-state index contributed by atoms with van der Waals surface area (Å²) in [6.07, 6.45) is 4.04. The van der Waals surface area contributed by atoms with Gasteiger partial charge in [0.05, 0.1) is 11.6 Å². The van der Waals surface area contributed by atoms with Crippen LogP contribution in [0.25, 0.3) is 10.6 Å². The molecule has 0 spiro atoms. The highest BCUT2D eigenvalue weighted by atomic mass is 35.5. The first-order valence-corrected chi connectivity index (χ1v) is 8.59. The van der Waals surface area contributed by atoms with Crippen molar-refractivity contribution in [2.45, 2.75) is 31.7 Å². The zero-order valence-electron chi connectivity index (χ0n) is 11.5. The summed E-state index contributed by atoms with van der Waals surface area (Å²) in [5.74, 6) is 0.491.